The second kappa shape index (κ2) is 6.71. The molecule has 0 radical (unpaired) electrons. The molecule has 0 bridgehead atoms. The average molecular weight is 316 g/mol. The van der Waals surface area contributed by atoms with Crippen LogP contribution in [0.4, 0.5) is 0 Å². The fourth-order valence-electron chi connectivity index (χ4n) is 2.16. The fraction of sp³-hybridized carbons (Fsp3) is 0.188. The summed E-state index contributed by atoms with van der Waals surface area (Å²) in [5.41, 5.74) is 2.34. The molecule has 114 valence electrons. The number of nitrogens with one attached hydrogen (secondary N) is 1. The van der Waals surface area contributed by atoms with Crippen LogP contribution in [0.1, 0.15) is 22.3 Å². The van der Waals surface area contributed by atoms with E-state index in [4.69, 9.17) is 5.26 Å². The molecule has 0 aromatic heterocycles. The Balaban J connectivity index is 2.23. The predicted octanol–water partition coefficient (Wildman–Crippen LogP) is 1.84. The summed E-state index contributed by atoms with van der Waals surface area (Å²) < 4.78 is 27.3. The molecule has 0 saturated heterocycles. The molecule has 0 saturated carbocycles. The maximum Gasteiger partial charge on any atom is 0.241 e. The standard InChI is InChI=1S/C16H16N2O3S/c1-12-8-13(9-17)6-7-16(12)22(20,21)18-10-14-4-2-3-5-15(14)11-19/h2-8,18-19H,10-11H2,1H3. The van der Waals surface area contributed by atoms with Crippen LogP contribution in [0.5, 0.6) is 0 Å². The van der Waals surface area contributed by atoms with E-state index in [0.29, 0.717) is 16.7 Å². The normalized spacial score (nSPS) is 11.1. The van der Waals surface area contributed by atoms with Gasteiger partial charge in [0.1, 0.15) is 0 Å². The highest BCUT2D eigenvalue weighted by molar-refractivity contribution is 7.89. The first-order chi connectivity index (χ1) is 10.5. The number of aryl methyl sites for hydroxylation is 1. The average Bonchev–Trinajstić information content (AvgIpc) is 2.52. The summed E-state index contributed by atoms with van der Waals surface area (Å²) in [6.07, 6.45) is 0. The number of hydrogen-bond acceptors (Lipinski definition) is 4. The number of rotatable bonds is 5. The van der Waals surface area contributed by atoms with Gasteiger partial charge in [0.15, 0.2) is 0 Å². The van der Waals surface area contributed by atoms with Gasteiger partial charge in [-0.2, -0.15) is 5.26 Å². The summed E-state index contributed by atoms with van der Waals surface area (Å²) in [6, 6.07) is 13.5. The van der Waals surface area contributed by atoms with Gasteiger partial charge in [-0.3, -0.25) is 0 Å². The monoisotopic (exact) mass is 316 g/mol. The van der Waals surface area contributed by atoms with E-state index in [-0.39, 0.29) is 18.0 Å². The first kappa shape index (κ1) is 16.2. The molecule has 2 aromatic rings. The second-order valence-electron chi connectivity index (χ2n) is 4.84. The lowest BCUT2D eigenvalue weighted by atomic mass is 10.1. The van der Waals surface area contributed by atoms with Gasteiger partial charge in [0, 0.05) is 6.54 Å². The van der Waals surface area contributed by atoms with Crippen molar-refractivity contribution >= 4 is 10.0 Å². The van der Waals surface area contributed by atoms with Crippen molar-refractivity contribution < 1.29 is 13.5 Å². The van der Waals surface area contributed by atoms with Gasteiger partial charge in [-0.1, -0.05) is 24.3 Å². The lowest BCUT2D eigenvalue weighted by molar-refractivity contribution is 0.280. The van der Waals surface area contributed by atoms with Crippen LogP contribution < -0.4 is 4.72 Å². The molecule has 2 aromatic carbocycles. The van der Waals surface area contributed by atoms with Crippen LogP contribution in [0, 0.1) is 18.3 Å². The number of benzene rings is 2. The van der Waals surface area contributed by atoms with Crippen LogP contribution in [0.15, 0.2) is 47.4 Å². The number of nitriles is 1. The zero-order valence-electron chi connectivity index (χ0n) is 12.1. The van der Waals surface area contributed by atoms with Gasteiger partial charge in [0.2, 0.25) is 10.0 Å². The van der Waals surface area contributed by atoms with E-state index in [1.54, 1.807) is 31.2 Å². The Labute approximate surface area is 129 Å². The van der Waals surface area contributed by atoms with Gasteiger partial charge >= 0.3 is 0 Å². The smallest absolute Gasteiger partial charge is 0.241 e. The van der Waals surface area contributed by atoms with Gasteiger partial charge in [0.05, 0.1) is 23.1 Å². The van der Waals surface area contributed by atoms with E-state index in [1.165, 1.54) is 18.2 Å². The van der Waals surface area contributed by atoms with Crippen molar-refractivity contribution in [2.75, 3.05) is 0 Å². The summed E-state index contributed by atoms with van der Waals surface area (Å²) in [5, 5.41) is 18.1. The lowest BCUT2D eigenvalue weighted by Crippen LogP contribution is -2.24. The minimum atomic E-state index is -3.68. The van der Waals surface area contributed by atoms with Crippen molar-refractivity contribution in [2.24, 2.45) is 0 Å². The Morgan fingerprint density at radius 2 is 1.86 bits per heavy atom. The molecule has 2 rings (SSSR count). The Morgan fingerprint density at radius 1 is 1.18 bits per heavy atom. The van der Waals surface area contributed by atoms with Crippen LogP contribution in [0.3, 0.4) is 0 Å². The Hall–Kier alpha value is -2.20. The Morgan fingerprint density at radius 3 is 2.45 bits per heavy atom. The van der Waals surface area contributed by atoms with Crippen molar-refractivity contribution in [3.05, 3.63) is 64.7 Å². The minimum absolute atomic E-state index is 0.0957. The van der Waals surface area contributed by atoms with E-state index in [9.17, 15) is 13.5 Å². The lowest BCUT2D eigenvalue weighted by Gasteiger charge is -2.11. The van der Waals surface area contributed by atoms with E-state index in [2.05, 4.69) is 4.72 Å². The molecule has 0 amide bonds. The molecule has 0 aliphatic carbocycles. The molecule has 5 nitrogen and oxygen atoms in total. The van der Waals surface area contributed by atoms with Crippen molar-refractivity contribution in [3.8, 4) is 6.07 Å². The number of aliphatic hydroxyl groups is 1. The third-order valence-electron chi connectivity index (χ3n) is 3.33. The molecule has 0 heterocycles. The first-order valence-corrected chi connectivity index (χ1v) is 8.14. The molecular formula is C16H16N2O3S. The van der Waals surface area contributed by atoms with E-state index in [1.807, 2.05) is 6.07 Å². The highest BCUT2D eigenvalue weighted by Gasteiger charge is 2.17. The summed E-state index contributed by atoms with van der Waals surface area (Å²) in [4.78, 5) is 0.146. The topological polar surface area (TPSA) is 90.2 Å². The number of hydrogen-bond donors (Lipinski definition) is 2. The van der Waals surface area contributed by atoms with Gasteiger partial charge in [-0.25, -0.2) is 13.1 Å². The van der Waals surface area contributed by atoms with Gasteiger partial charge in [-0.05, 0) is 41.8 Å². The largest absolute Gasteiger partial charge is 0.392 e. The van der Waals surface area contributed by atoms with Gasteiger partial charge in [0.25, 0.3) is 0 Å². The number of sulfonamides is 1. The maximum atomic E-state index is 12.4. The number of aliphatic hydroxyl groups excluding tert-OH is 1. The van der Waals surface area contributed by atoms with Crippen LogP contribution in [-0.2, 0) is 23.2 Å². The third kappa shape index (κ3) is 3.52. The van der Waals surface area contributed by atoms with Crippen LogP contribution in [0.25, 0.3) is 0 Å². The summed E-state index contributed by atoms with van der Waals surface area (Å²) >= 11 is 0. The van der Waals surface area contributed by atoms with E-state index >= 15 is 0 Å². The SMILES string of the molecule is Cc1cc(C#N)ccc1S(=O)(=O)NCc1ccccc1CO. The molecule has 2 N–H and O–H groups in total. The van der Waals surface area contributed by atoms with Crippen LogP contribution in [-0.4, -0.2) is 13.5 Å². The van der Waals surface area contributed by atoms with E-state index in [0.717, 1.165) is 5.56 Å². The molecule has 0 aliphatic heterocycles. The molecule has 0 fully saturated rings. The summed E-state index contributed by atoms with van der Waals surface area (Å²) in [7, 11) is -3.68. The predicted molar refractivity (Wildman–Crippen MR) is 82.3 cm³/mol. The van der Waals surface area contributed by atoms with Crippen LogP contribution in [0.2, 0.25) is 0 Å². The highest BCUT2D eigenvalue weighted by atomic mass is 32.2. The number of nitrogens with zero attached hydrogens (tertiary/aromatic N) is 1. The quantitative estimate of drug-likeness (QED) is 0.880. The first-order valence-electron chi connectivity index (χ1n) is 6.66. The van der Waals surface area contributed by atoms with Crippen molar-refractivity contribution in [1.29, 1.82) is 5.26 Å². The minimum Gasteiger partial charge on any atom is -0.392 e. The fourth-order valence-corrected chi connectivity index (χ4v) is 3.39. The van der Waals surface area contributed by atoms with Crippen molar-refractivity contribution in [3.63, 3.8) is 0 Å². The zero-order valence-corrected chi connectivity index (χ0v) is 12.9. The molecule has 22 heavy (non-hydrogen) atoms. The zero-order chi connectivity index (χ0) is 16.2. The van der Waals surface area contributed by atoms with Crippen molar-refractivity contribution in [2.45, 2.75) is 25.0 Å². The second-order valence-corrected chi connectivity index (χ2v) is 6.58. The molecule has 0 atom stereocenters. The van der Waals surface area contributed by atoms with E-state index < -0.39 is 10.0 Å². The molecule has 0 spiro atoms. The Kier molecular flexibility index (Phi) is 4.93. The Bertz CT molecular complexity index is 824. The summed E-state index contributed by atoms with van der Waals surface area (Å²) in [6.45, 7) is 1.60. The molecule has 0 unspecified atom stereocenters. The highest BCUT2D eigenvalue weighted by Crippen LogP contribution is 2.17. The summed E-state index contributed by atoms with van der Waals surface area (Å²) in [5.74, 6) is 0. The van der Waals surface area contributed by atoms with Crippen LogP contribution >= 0.6 is 0 Å². The molecule has 6 heteroatoms. The molecule has 0 aliphatic rings. The molecular weight excluding hydrogens is 300 g/mol. The van der Waals surface area contributed by atoms with Gasteiger partial charge in [-0.15, -0.1) is 0 Å². The van der Waals surface area contributed by atoms with Crippen molar-refractivity contribution in [1.82, 2.24) is 4.72 Å². The van der Waals surface area contributed by atoms with Gasteiger partial charge < -0.3 is 5.11 Å². The third-order valence-corrected chi connectivity index (χ3v) is 4.90. The maximum absolute atomic E-state index is 12.4.